The Labute approximate surface area is 180 Å². The van der Waals surface area contributed by atoms with Gasteiger partial charge in [0.1, 0.15) is 0 Å². The van der Waals surface area contributed by atoms with Gasteiger partial charge in [0.15, 0.2) is 0 Å². The predicted octanol–water partition coefficient (Wildman–Crippen LogP) is 5.04. The summed E-state index contributed by atoms with van der Waals surface area (Å²) in [5, 5.41) is 4.29. The van der Waals surface area contributed by atoms with Crippen LogP contribution < -0.4 is 10.0 Å². The minimum atomic E-state index is -3.57. The van der Waals surface area contributed by atoms with Crippen LogP contribution in [-0.2, 0) is 10.0 Å². The Morgan fingerprint density at radius 3 is 2.67 bits per heavy atom. The van der Waals surface area contributed by atoms with Crippen molar-refractivity contribution < 1.29 is 8.42 Å². The van der Waals surface area contributed by atoms with E-state index in [4.69, 9.17) is 0 Å². The highest BCUT2D eigenvalue weighted by molar-refractivity contribution is 7.89. The van der Waals surface area contributed by atoms with Crippen LogP contribution in [0.2, 0.25) is 0 Å². The SMILES string of the molecule is CC(C)CNS(=O)(=O)c1cccc(Nc2nccc(-c3cc4ccccc4s3)n2)c1. The molecule has 0 spiro atoms. The lowest BCUT2D eigenvalue weighted by Gasteiger charge is -2.11. The molecule has 4 rings (SSSR count). The third kappa shape index (κ3) is 4.67. The van der Waals surface area contributed by atoms with Crippen LogP contribution in [0.3, 0.4) is 0 Å². The third-order valence-corrected chi connectivity index (χ3v) is 6.98. The number of hydrogen-bond acceptors (Lipinski definition) is 6. The Balaban J connectivity index is 1.57. The molecule has 2 aromatic carbocycles. The molecule has 0 aliphatic rings. The average molecular weight is 439 g/mol. The smallest absolute Gasteiger partial charge is 0.240 e. The van der Waals surface area contributed by atoms with E-state index in [1.54, 1.807) is 41.8 Å². The summed E-state index contributed by atoms with van der Waals surface area (Å²) in [7, 11) is -3.57. The maximum atomic E-state index is 12.5. The average Bonchev–Trinajstić information content (AvgIpc) is 3.17. The zero-order valence-corrected chi connectivity index (χ0v) is 18.3. The second-order valence-electron chi connectivity index (χ2n) is 7.31. The third-order valence-electron chi connectivity index (χ3n) is 4.42. The van der Waals surface area contributed by atoms with Crippen LogP contribution in [0.5, 0.6) is 0 Å². The first-order valence-electron chi connectivity index (χ1n) is 9.59. The molecule has 0 saturated carbocycles. The summed E-state index contributed by atoms with van der Waals surface area (Å²) in [4.78, 5) is 10.1. The minimum Gasteiger partial charge on any atom is -0.324 e. The van der Waals surface area contributed by atoms with Gasteiger partial charge in [0.25, 0.3) is 0 Å². The van der Waals surface area contributed by atoms with Gasteiger partial charge in [0, 0.05) is 23.1 Å². The molecule has 0 aliphatic carbocycles. The lowest BCUT2D eigenvalue weighted by molar-refractivity contribution is 0.560. The fraction of sp³-hybridized carbons (Fsp3) is 0.182. The molecule has 4 aromatic rings. The van der Waals surface area contributed by atoms with Gasteiger partial charge < -0.3 is 5.32 Å². The van der Waals surface area contributed by atoms with E-state index in [-0.39, 0.29) is 10.8 Å². The van der Waals surface area contributed by atoms with E-state index >= 15 is 0 Å². The summed E-state index contributed by atoms with van der Waals surface area (Å²) >= 11 is 1.67. The Morgan fingerprint density at radius 2 is 1.87 bits per heavy atom. The minimum absolute atomic E-state index is 0.203. The lowest BCUT2D eigenvalue weighted by Crippen LogP contribution is -2.27. The molecule has 0 unspecified atom stereocenters. The number of nitrogens with one attached hydrogen (secondary N) is 2. The molecule has 6 nitrogen and oxygen atoms in total. The van der Waals surface area contributed by atoms with Gasteiger partial charge in [-0.3, -0.25) is 0 Å². The molecule has 8 heteroatoms. The van der Waals surface area contributed by atoms with Crippen LogP contribution in [0.1, 0.15) is 13.8 Å². The van der Waals surface area contributed by atoms with E-state index in [0.717, 1.165) is 10.6 Å². The molecule has 0 amide bonds. The first-order valence-corrected chi connectivity index (χ1v) is 11.9. The van der Waals surface area contributed by atoms with Gasteiger partial charge in [-0.1, -0.05) is 38.1 Å². The Bertz CT molecular complexity index is 1250. The van der Waals surface area contributed by atoms with Crippen LogP contribution in [0.25, 0.3) is 20.7 Å². The van der Waals surface area contributed by atoms with Gasteiger partial charge in [-0.05, 0) is 47.7 Å². The summed E-state index contributed by atoms with van der Waals surface area (Å²) in [6.45, 7) is 4.31. The molecule has 0 bridgehead atoms. The summed E-state index contributed by atoms with van der Waals surface area (Å²) in [6.07, 6.45) is 1.69. The van der Waals surface area contributed by atoms with E-state index in [1.807, 2.05) is 32.0 Å². The fourth-order valence-corrected chi connectivity index (χ4v) is 5.19. The molecule has 0 radical (unpaired) electrons. The number of anilines is 2. The maximum Gasteiger partial charge on any atom is 0.240 e. The number of aromatic nitrogens is 2. The van der Waals surface area contributed by atoms with E-state index in [9.17, 15) is 8.42 Å². The molecule has 0 aliphatic heterocycles. The van der Waals surface area contributed by atoms with Gasteiger partial charge in [-0.15, -0.1) is 11.3 Å². The standard InChI is InChI=1S/C22H22N4O2S2/c1-15(2)14-24-30(27,28)18-8-5-7-17(13-18)25-22-23-11-10-19(26-22)21-12-16-6-3-4-9-20(16)29-21/h3-13,15,24H,14H2,1-2H3,(H,23,25,26). The molecule has 2 N–H and O–H groups in total. The highest BCUT2D eigenvalue weighted by Gasteiger charge is 2.15. The Morgan fingerprint density at radius 1 is 1.03 bits per heavy atom. The van der Waals surface area contributed by atoms with Crippen molar-refractivity contribution in [3.8, 4) is 10.6 Å². The quantitative estimate of drug-likeness (QED) is 0.422. The van der Waals surface area contributed by atoms with Gasteiger partial charge in [0.2, 0.25) is 16.0 Å². The van der Waals surface area contributed by atoms with Crippen LogP contribution in [0.4, 0.5) is 11.6 Å². The molecule has 30 heavy (non-hydrogen) atoms. The van der Waals surface area contributed by atoms with Crippen molar-refractivity contribution in [3.05, 3.63) is 66.9 Å². The molecule has 154 valence electrons. The normalized spacial score (nSPS) is 11.8. The second-order valence-corrected chi connectivity index (χ2v) is 10.2. The molecule has 2 heterocycles. The van der Waals surface area contributed by atoms with Crippen molar-refractivity contribution in [2.45, 2.75) is 18.7 Å². The maximum absolute atomic E-state index is 12.5. The largest absolute Gasteiger partial charge is 0.324 e. The van der Waals surface area contributed by atoms with Crippen molar-refractivity contribution in [2.75, 3.05) is 11.9 Å². The monoisotopic (exact) mass is 438 g/mol. The molecule has 0 saturated heterocycles. The van der Waals surface area contributed by atoms with Crippen molar-refractivity contribution in [2.24, 2.45) is 5.92 Å². The number of rotatable bonds is 7. The van der Waals surface area contributed by atoms with Crippen LogP contribution >= 0.6 is 11.3 Å². The highest BCUT2D eigenvalue weighted by Crippen LogP contribution is 2.32. The second kappa shape index (κ2) is 8.51. The first-order chi connectivity index (χ1) is 14.4. The van der Waals surface area contributed by atoms with Crippen molar-refractivity contribution in [1.82, 2.24) is 14.7 Å². The highest BCUT2D eigenvalue weighted by atomic mass is 32.2. The molecule has 0 atom stereocenters. The van der Waals surface area contributed by atoms with Crippen LogP contribution in [-0.4, -0.2) is 24.9 Å². The summed E-state index contributed by atoms with van der Waals surface area (Å²) < 4.78 is 28.8. The van der Waals surface area contributed by atoms with Gasteiger partial charge in [0.05, 0.1) is 15.5 Å². The number of sulfonamides is 1. The van der Waals surface area contributed by atoms with Crippen molar-refractivity contribution in [3.63, 3.8) is 0 Å². The number of hydrogen-bond donors (Lipinski definition) is 2. The van der Waals surface area contributed by atoms with Gasteiger partial charge >= 0.3 is 0 Å². The molecular formula is C22H22N4O2S2. The number of benzene rings is 2. The zero-order valence-electron chi connectivity index (χ0n) is 16.7. The van der Waals surface area contributed by atoms with Gasteiger partial charge in [-0.2, -0.15) is 0 Å². The van der Waals surface area contributed by atoms with E-state index in [0.29, 0.717) is 18.2 Å². The molecular weight excluding hydrogens is 416 g/mol. The topological polar surface area (TPSA) is 84.0 Å². The predicted molar refractivity (Wildman–Crippen MR) is 123 cm³/mol. The zero-order chi connectivity index (χ0) is 21.1. The van der Waals surface area contributed by atoms with E-state index in [1.165, 1.54) is 10.1 Å². The fourth-order valence-electron chi connectivity index (χ4n) is 2.89. The summed E-state index contributed by atoms with van der Waals surface area (Å²) in [5.41, 5.74) is 1.42. The van der Waals surface area contributed by atoms with Crippen LogP contribution in [0, 0.1) is 5.92 Å². The summed E-state index contributed by atoms with van der Waals surface area (Å²) in [6, 6.07) is 18.8. The van der Waals surface area contributed by atoms with E-state index < -0.39 is 10.0 Å². The van der Waals surface area contributed by atoms with E-state index in [2.05, 4.69) is 38.2 Å². The number of thiophene rings is 1. The molecule has 0 fully saturated rings. The first kappa shape index (κ1) is 20.5. The van der Waals surface area contributed by atoms with Crippen molar-refractivity contribution in [1.29, 1.82) is 0 Å². The number of fused-ring (bicyclic) bond motifs is 1. The Kier molecular flexibility index (Phi) is 5.80. The Hall–Kier alpha value is -2.81. The summed E-state index contributed by atoms with van der Waals surface area (Å²) in [5.74, 6) is 0.640. The molecule has 2 aromatic heterocycles. The van der Waals surface area contributed by atoms with Crippen LogP contribution in [0.15, 0.2) is 71.8 Å². The van der Waals surface area contributed by atoms with Gasteiger partial charge in [-0.25, -0.2) is 23.1 Å². The number of nitrogens with zero attached hydrogens (tertiary/aromatic N) is 2. The van der Waals surface area contributed by atoms with Crippen molar-refractivity contribution >= 4 is 43.1 Å². The lowest BCUT2D eigenvalue weighted by atomic mass is 10.2.